The summed E-state index contributed by atoms with van der Waals surface area (Å²) in [6, 6.07) is 9.04. The number of nitrogens with one attached hydrogen (secondary N) is 7. The molecule has 0 aliphatic heterocycles. The van der Waals surface area contributed by atoms with E-state index in [1.165, 1.54) is 19.1 Å². The van der Waals surface area contributed by atoms with Crippen LogP contribution in [0.25, 0.3) is 0 Å². The summed E-state index contributed by atoms with van der Waals surface area (Å²) < 4.78 is 5.15. The molecule has 6 atom stereocenters. The minimum absolute atomic E-state index is 0.00382. The SMILES string of the molecule is CCNC(=O)[C@@H](CC(C)C)NC(=O)[C@H](CCCN=C(N)N)N(C)C(=O)[C@H](CCCN=C(N)N)NC(=O)[C@H](CC(C)C)NC(=O)[C@H](Cc1ccccc1)NC(=O)CNC(=O)CNC(=O)[C@@H](N)Cc1ccc(OC)cc1. The molecule has 0 fully saturated rings. The Morgan fingerprint density at radius 1 is 0.581 bits per heavy atom. The van der Waals surface area contributed by atoms with Crippen molar-refractivity contribution in [3.8, 4) is 5.75 Å². The van der Waals surface area contributed by atoms with Gasteiger partial charge in [0.1, 0.15) is 36.0 Å². The summed E-state index contributed by atoms with van der Waals surface area (Å²) in [7, 11) is 2.95. The van der Waals surface area contributed by atoms with Gasteiger partial charge in [0.25, 0.3) is 0 Å². The van der Waals surface area contributed by atoms with Crippen molar-refractivity contribution < 1.29 is 43.1 Å². The summed E-state index contributed by atoms with van der Waals surface area (Å²) >= 11 is 0. The second kappa shape index (κ2) is 33.3. The van der Waals surface area contributed by atoms with Crippen molar-refractivity contribution in [2.75, 3.05) is 46.9 Å². The quantitative estimate of drug-likeness (QED) is 0.0212. The Morgan fingerprint density at radius 2 is 1.09 bits per heavy atom. The van der Waals surface area contributed by atoms with Crippen LogP contribution in [0.5, 0.6) is 5.75 Å². The molecule has 0 aliphatic rings. The third-order valence-corrected chi connectivity index (χ3v) is 11.4. The fourth-order valence-corrected chi connectivity index (χ4v) is 7.62. The summed E-state index contributed by atoms with van der Waals surface area (Å²) in [5.74, 6) is -4.97. The predicted molar refractivity (Wildman–Crippen MR) is 283 cm³/mol. The highest BCUT2D eigenvalue weighted by Gasteiger charge is 2.36. The molecule has 2 rings (SSSR count). The molecule has 74 heavy (non-hydrogen) atoms. The first-order valence-corrected chi connectivity index (χ1v) is 24.9. The molecule has 17 N–H and O–H groups in total. The lowest BCUT2D eigenvalue weighted by molar-refractivity contribution is -0.143. The van der Waals surface area contributed by atoms with E-state index in [0.717, 1.165) is 5.56 Å². The van der Waals surface area contributed by atoms with Gasteiger partial charge in [-0.25, -0.2) is 0 Å². The van der Waals surface area contributed by atoms with E-state index >= 15 is 0 Å². The molecule has 0 saturated carbocycles. The van der Waals surface area contributed by atoms with Gasteiger partial charge in [-0.15, -0.1) is 0 Å². The molecule has 0 bridgehead atoms. The number of ether oxygens (including phenoxy) is 1. The topological polar surface area (TPSA) is 388 Å². The molecule has 0 spiro atoms. The van der Waals surface area contributed by atoms with E-state index in [-0.39, 0.29) is 87.7 Å². The number of aliphatic imine (C=N–C) groups is 2. The number of likely N-dealkylation sites (N-methyl/N-ethyl adjacent to an activating group) is 2. The van der Waals surface area contributed by atoms with Crippen molar-refractivity contribution in [2.45, 2.75) is 122 Å². The average molecular weight is 1040 g/mol. The van der Waals surface area contributed by atoms with E-state index in [4.69, 9.17) is 33.4 Å². The Hall–Kier alpha value is -7.50. The van der Waals surface area contributed by atoms with Crippen LogP contribution in [0.2, 0.25) is 0 Å². The van der Waals surface area contributed by atoms with Crippen LogP contribution in [-0.2, 0) is 51.2 Å². The minimum Gasteiger partial charge on any atom is -0.497 e. The summed E-state index contributed by atoms with van der Waals surface area (Å²) in [4.78, 5) is 118. The molecule has 0 radical (unpaired) electrons. The number of methoxy groups -OCH3 is 1. The van der Waals surface area contributed by atoms with Crippen molar-refractivity contribution >= 4 is 59.2 Å². The van der Waals surface area contributed by atoms with Crippen LogP contribution in [0, 0.1) is 11.8 Å². The molecule has 2 aromatic carbocycles. The number of guanidine groups is 2. The fraction of sp³-hybridized carbons (Fsp3) is 0.560. The van der Waals surface area contributed by atoms with Crippen LogP contribution < -0.4 is 70.6 Å². The highest BCUT2D eigenvalue weighted by atomic mass is 16.5. The fourth-order valence-electron chi connectivity index (χ4n) is 7.62. The van der Waals surface area contributed by atoms with Gasteiger partial charge in [0.15, 0.2) is 11.9 Å². The zero-order chi connectivity index (χ0) is 55.3. The smallest absolute Gasteiger partial charge is 0.245 e. The number of rotatable bonds is 33. The van der Waals surface area contributed by atoms with Crippen LogP contribution in [0.4, 0.5) is 0 Å². The van der Waals surface area contributed by atoms with Gasteiger partial charge >= 0.3 is 0 Å². The maximum Gasteiger partial charge on any atom is 0.245 e. The number of nitrogens with two attached hydrogens (primary N) is 5. The number of hydrogen-bond acceptors (Lipinski definition) is 12. The average Bonchev–Trinajstić information content (AvgIpc) is 3.34. The van der Waals surface area contributed by atoms with Crippen LogP contribution in [-0.4, -0.2) is 147 Å². The third-order valence-electron chi connectivity index (χ3n) is 11.4. The summed E-state index contributed by atoms with van der Waals surface area (Å²) in [6.07, 6.45) is 1.17. The summed E-state index contributed by atoms with van der Waals surface area (Å²) in [5, 5.41) is 18.7. The molecule has 0 saturated heterocycles. The standard InChI is InChI=1S/C50H81N15O9/c1-8-56-44(69)37(24-30(2)3)64-47(72)40(17-13-23-58-50(54)55)65(6)48(73)36(16-12-22-57-49(52)53)62-45(70)38(25-31(4)5)63-46(71)39(27-32-14-10-9-11-15-32)61-42(67)29-59-41(66)28-60-43(68)35(51)26-33-18-20-34(74-7)21-19-33/h9-11,14-15,18-21,30-31,35-40H,8,12-13,16-17,22-29,51H2,1-7H3,(H,56,69)(H,59,66)(H,60,68)(H,61,67)(H,62,70)(H,63,71)(H,64,72)(H4,52,53,57)(H4,54,55,58)/t35-,36-,37+,38-,39-,40-/m0/s1. The predicted octanol–water partition coefficient (Wildman–Crippen LogP) is -1.86. The molecule has 0 unspecified atom stereocenters. The van der Waals surface area contributed by atoms with Gasteiger partial charge in [-0.05, 0) is 87.0 Å². The molecule has 0 aliphatic carbocycles. The van der Waals surface area contributed by atoms with E-state index in [1.807, 2.05) is 27.7 Å². The number of carbonyl (C=O) groups is 8. The van der Waals surface area contributed by atoms with Crippen LogP contribution >= 0.6 is 0 Å². The van der Waals surface area contributed by atoms with Crippen LogP contribution in [0.3, 0.4) is 0 Å². The van der Waals surface area contributed by atoms with Gasteiger partial charge in [0, 0.05) is 33.1 Å². The summed E-state index contributed by atoms with van der Waals surface area (Å²) in [6.45, 7) is 8.77. The van der Waals surface area contributed by atoms with Crippen molar-refractivity contribution in [1.82, 2.24) is 42.1 Å². The monoisotopic (exact) mass is 1040 g/mol. The lowest BCUT2D eigenvalue weighted by Gasteiger charge is -2.33. The maximum absolute atomic E-state index is 14.6. The van der Waals surface area contributed by atoms with Crippen molar-refractivity contribution in [3.63, 3.8) is 0 Å². The molecule has 410 valence electrons. The highest BCUT2D eigenvalue weighted by Crippen LogP contribution is 2.16. The van der Waals surface area contributed by atoms with E-state index in [9.17, 15) is 38.4 Å². The largest absolute Gasteiger partial charge is 0.497 e. The first kappa shape index (κ1) is 62.6. The first-order valence-electron chi connectivity index (χ1n) is 24.9. The van der Waals surface area contributed by atoms with Gasteiger partial charge in [0.2, 0.25) is 47.3 Å². The number of amides is 8. The van der Waals surface area contributed by atoms with E-state index in [1.54, 1.807) is 61.5 Å². The van der Waals surface area contributed by atoms with E-state index < -0.39 is 90.7 Å². The number of carbonyl (C=O) groups excluding carboxylic acids is 8. The van der Waals surface area contributed by atoms with Crippen LogP contribution in [0.1, 0.15) is 84.3 Å². The Balaban J connectivity index is 2.34. The second-order valence-electron chi connectivity index (χ2n) is 18.7. The lowest BCUT2D eigenvalue weighted by Crippen LogP contribution is -2.60. The Morgan fingerprint density at radius 3 is 1.65 bits per heavy atom. The third kappa shape index (κ3) is 24.3. The number of hydrogen-bond donors (Lipinski definition) is 12. The van der Waals surface area contributed by atoms with Gasteiger partial charge in [-0.3, -0.25) is 48.3 Å². The Bertz CT molecular complexity index is 2180. The Labute approximate surface area is 434 Å². The lowest BCUT2D eigenvalue weighted by atomic mass is 9.99. The maximum atomic E-state index is 14.6. The molecule has 24 nitrogen and oxygen atoms in total. The number of nitrogens with zero attached hydrogens (tertiary/aromatic N) is 3. The molecule has 24 heteroatoms. The summed E-state index contributed by atoms with van der Waals surface area (Å²) in [5.41, 5.74) is 29.7. The van der Waals surface area contributed by atoms with Crippen LogP contribution in [0.15, 0.2) is 64.6 Å². The first-order chi connectivity index (χ1) is 35.0. The van der Waals surface area contributed by atoms with Gasteiger partial charge in [-0.1, -0.05) is 70.2 Å². The molecular formula is C50H81N15O9. The molecular weight excluding hydrogens is 955 g/mol. The van der Waals surface area contributed by atoms with Crippen molar-refractivity contribution in [2.24, 2.45) is 50.5 Å². The molecule has 0 aromatic heterocycles. The van der Waals surface area contributed by atoms with Crippen molar-refractivity contribution in [3.05, 3.63) is 65.7 Å². The highest BCUT2D eigenvalue weighted by molar-refractivity contribution is 5.97. The van der Waals surface area contributed by atoms with E-state index in [2.05, 4.69) is 47.2 Å². The zero-order valence-corrected chi connectivity index (χ0v) is 43.9. The number of benzene rings is 2. The van der Waals surface area contributed by atoms with Gasteiger partial charge < -0.3 is 75.5 Å². The van der Waals surface area contributed by atoms with Gasteiger partial charge in [0.05, 0.1) is 26.2 Å². The molecule has 0 heterocycles. The Kier molecular flexibility index (Phi) is 28.2. The van der Waals surface area contributed by atoms with E-state index in [0.29, 0.717) is 24.3 Å². The normalized spacial score (nSPS) is 13.3. The molecule has 2 aromatic rings. The molecule has 8 amide bonds. The second-order valence-corrected chi connectivity index (χ2v) is 18.7. The zero-order valence-electron chi connectivity index (χ0n) is 43.9. The van der Waals surface area contributed by atoms with Gasteiger partial charge in [-0.2, -0.15) is 0 Å². The minimum atomic E-state index is -1.27. The van der Waals surface area contributed by atoms with Crippen molar-refractivity contribution in [1.29, 1.82) is 0 Å².